The molecule has 0 radical (unpaired) electrons. The number of fused-ring (bicyclic) bond motifs is 2. The van der Waals surface area contributed by atoms with Crippen molar-refractivity contribution in [2.75, 3.05) is 10.6 Å². The van der Waals surface area contributed by atoms with Gasteiger partial charge in [0.25, 0.3) is 0 Å². The quantitative estimate of drug-likeness (QED) is 0.148. The topological polar surface area (TPSA) is 232 Å². The molecule has 66 heavy (non-hydrogen) atoms. The lowest BCUT2D eigenvalue weighted by atomic mass is 9.82. The maximum Gasteiger partial charge on any atom is 0.498 e. The number of rotatable bonds is 8. The molecule has 2 saturated carbocycles. The van der Waals surface area contributed by atoms with Crippen LogP contribution in [0.25, 0.3) is 44.8 Å². The predicted octanol–water partition coefficient (Wildman–Crippen LogP) is 4.95. The van der Waals surface area contributed by atoms with E-state index in [0.29, 0.717) is 40.6 Å². The van der Waals surface area contributed by atoms with E-state index in [4.69, 9.17) is 9.31 Å². The fourth-order valence-corrected chi connectivity index (χ4v) is 8.24. The number of hydrogen-bond donors (Lipinski definition) is 4. The van der Waals surface area contributed by atoms with Gasteiger partial charge >= 0.3 is 7.12 Å². The Kier molecular flexibility index (Phi) is 12.7. The SMILES string of the molecule is Cn1cc(-c2ccc(-n3nnc4cnc(N[C@H]5CC[C@H](O)C5)nc43)cc2)cn1.Cn1cc(B2OC(C)(C)C(C)(C)O2)cn1.O[C@H]1CC[C@H](Nc2ncc3nnn(-c4ccc(Br)cc4)c3n2)C1. The van der Waals surface area contributed by atoms with Gasteiger partial charge in [0.05, 0.1) is 53.4 Å². The van der Waals surface area contributed by atoms with Crippen molar-refractivity contribution in [3.05, 3.63) is 90.2 Å². The van der Waals surface area contributed by atoms with Gasteiger partial charge in [0.1, 0.15) is 0 Å². The Morgan fingerprint density at radius 2 is 1.12 bits per heavy atom. The molecular formula is C44H52BBrN16O4. The average molecular weight is 960 g/mol. The summed E-state index contributed by atoms with van der Waals surface area (Å²) in [5.41, 5.74) is 6.87. The van der Waals surface area contributed by atoms with Gasteiger partial charge in [0.2, 0.25) is 11.9 Å². The summed E-state index contributed by atoms with van der Waals surface area (Å²) in [5, 5.41) is 50.9. The molecule has 6 aromatic heterocycles. The van der Waals surface area contributed by atoms with Crippen LogP contribution >= 0.6 is 15.9 Å². The van der Waals surface area contributed by atoms with Crippen molar-refractivity contribution >= 4 is 62.7 Å². The lowest BCUT2D eigenvalue weighted by Crippen LogP contribution is -2.41. The van der Waals surface area contributed by atoms with Crippen LogP contribution in [0.2, 0.25) is 0 Å². The van der Waals surface area contributed by atoms with Gasteiger partial charge in [-0.05, 0) is 108 Å². The van der Waals surface area contributed by atoms with E-state index < -0.39 is 0 Å². The highest BCUT2D eigenvalue weighted by atomic mass is 79.9. The Morgan fingerprint density at radius 3 is 1.56 bits per heavy atom. The van der Waals surface area contributed by atoms with Gasteiger partial charge in [-0.3, -0.25) is 9.36 Å². The lowest BCUT2D eigenvalue weighted by molar-refractivity contribution is 0.00578. The van der Waals surface area contributed by atoms with Gasteiger partial charge in [-0.15, -0.1) is 10.2 Å². The number of aryl methyl sites for hydroxylation is 2. The highest BCUT2D eigenvalue weighted by molar-refractivity contribution is 9.10. The van der Waals surface area contributed by atoms with E-state index in [1.165, 1.54) is 0 Å². The molecule has 4 atom stereocenters. The second kappa shape index (κ2) is 18.6. The van der Waals surface area contributed by atoms with Gasteiger partial charge in [-0.25, -0.2) is 9.97 Å². The maximum absolute atomic E-state index is 9.70. The highest BCUT2D eigenvalue weighted by Crippen LogP contribution is 2.36. The van der Waals surface area contributed by atoms with Crippen molar-refractivity contribution in [1.29, 1.82) is 0 Å². The number of aromatic nitrogens is 14. The molecule has 2 aromatic carbocycles. The summed E-state index contributed by atoms with van der Waals surface area (Å²) < 4.78 is 19.7. The lowest BCUT2D eigenvalue weighted by Gasteiger charge is -2.32. The molecule has 0 amide bonds. The molecule has 7 heterocycles. The third-order valence-corrected chi connectivity index (χ3v) is 12.9. The number of aliphatic hydroxyl groups excluding tert-OH is 2. The number of halogens is 1. The van der Waals surface area contributed by atoms with Crippen LogP contribution in [-0.2, 0) is 23.4 Å². The molecule has 0 spiro atoms. The second-order valence-electron chi connectivity index (χ2n) is 17.9. The fourth-order valence-electron chi connectivity index (χ4n) is 7.97. The standard InChI is InChI=1S/C19H20N8O.C15H15BrN6O.C10H17BN2O2/c1-26-11-13(9-21-26)12-2-5-15(6-3-12)27-18-17(24-25-27)10-20-19(23-18)22-14-4-7-16(28)8-14;16-9-1-4-11(5-2-9)22-14-13(20-21-22)8-17-15(19-14)18-10-3-6-12(23)7-10;1-9(2)10(3,4)15-11(14-9)8-6-12-13(5)7-8/h2-3,5-6,9-11,14,16,28H,4,7-8H2,1H3,(H,20,22,23);1-2,4-5,8,10,12,23H,3,6-7H2,(H,17,18,19);6-7H,1-5H3/t14-,16-;10-,12-;/m00./s1. The molecule has 3 aliphatic rings. The summed E-state index contributed by atoms with van der Waals surface area (Å²) in [6, 6.07) is 16.2. The van der Waals surface area contributed by atoms with Crippen LogP contribution in [0.15, 0.2) is 90.2 Å². The molecule has 11 rings (SSSR count). The van der Waals surface area contributed by atoms with Gasteiger partial charge in [0.15, 0.2) is 22.3 Å². The minimum atomic E-state index is -0.302. The van der Waals surface area contributed by atoms with Crippen molar-refractivity contribution in [2.45, 2.75) is 102 Å². The van der Waals surface area contributed by atoms with Gasteiger partial charge in [0, 0.05) is 60.3 Å². The molecular weight excluding hydrogens is 907 g/mol. The molecule has 20 nitrogen and oxygen atoms in total. The minimum absolute atomic E-state index is 0.190. The first-order valence-corrected chi connectivity index (χ1v) is 22.7. The molecule has 0 unspecified atom stereocenters. The molecule has 3 fully saturated rings. The first kappa shape index (κ1) is 45.0. The third kappa shape index (κ3) is 9.97. The van der Waals surface area contributed by atoms with E-state index in [9.17, 15) is 10.2 Å². The summed E-state index contributed by atoms with van der Waals surface area (Å²) in [4.78, 5) is 17.8. The van der Waals surface area contributed by atoms with Crippen molar-refractivity contribution in [2.24, 2.45) is 14.1 Å². The molecule has 8 aromatic rings. The fraction of sp³-hybridized carbons (Fsp3) is 0.409. The molecule has 4 N–H and O–H groups in total. The normalized spacial score (nSPS) is 20.8. The molecule has 2 aliphatic carbocycles. The molecule has 1 saturated heterocycles. The Morgan fingerprint density at radius 1 is 0.636 bits per heavy atom. The highest BCUT2D eigenvalue weighted by Gasteiger charge is 2.52. The van der Waals surface area contributed by atoms with Crippen LogP contribution in [0.1, 0.15) is 66.2 Å². The van der Waals surface area contributed by atoms with E-state index >= 15 is 0 Å². The largest absolute Gasteiger partial charge is 0.498 e. The Balaban J connectivity index is 0.000000130. The van der Waals surface area contributed by atoms with Crippen LogP contribution in [0.3, 0.4) is 0 Å². The van der Waals surface area contributed by atoms with Crippen molar-refractivity contribution in [1.82, 2.24) is 69.5 Å². The average Bonchev–Trinajstić information content (AvgIpc) is 4.17. The number of nitrogens with one attached hydrogen (secondary N) is 2. The monoisotopic (exact) mass is 958 g/mol. The van der Waals surface area contributed by atoms with Crippen molar-refractivity contribution in [3.63, 3.8) is 0 Å². The van der Waals surface area contributed by atoms with Crippen LogP contribution < -0.4 is 16.1 Å². The van der Waals surface area contributed by atoms with Gasteiger partial charge in [-0.1, -0.05) is 38.5 Å². The van der Waals surface area contributed by atoms with Crippen molar-refractivity contribution < 1.29 is 19.5 Å². The Bertz CT molecular complexity index is 2900. The Labute approximate surface area is 389 Å². The first-order valence-electron chi connectivity index (χ1n) is 21.9. The van der Waals surface area contributed by atoms with Crippen molar-refractivity contribution in [3.8, 4) is 22.5 Å². The zero-order valence-electron chi connectivity index (χ0n) is 37.6. The van der Waals surface area contributed by atoms with Gasteiger partial charge < -0.3 is 30.2 Å². The molecule has 22 heteroatoms. The van der Waals surface area contributed by atoms with E-state index in [0.717, 1.165) is 64.5 Å². The summed E-state index contributed by atoms with van der Waals surface area (Å²) >= 11 is 3.42. The Hall–Kier alpha value is -6.20. The zero-order valence-corrected chi connectivity index (χ0v) is 39.1. The number of benzene rings is 2. The number of hydrogen-bond acceptors (Lipinski definition) is 16. The molecule has 1 aliphatic heterocycles. The summed E-state index contributed by atoms with van der Waals surface area (Å²) in [7, 11) is 3.48. The van der Waals surface area contributed by atoms with Crippen LogP contribution in [0.4, 0.5) is 11.9 Å². The first-order chi connectivity index (χ1) is 31.7. The summed E-state index contributed by atoms with van der Waals surface area (Å²) in [6.45, 7) is 8.18. The van der Waals surface area contributed by atoms with Crippen LogP contribution in [-0.4, -0.2) is 122 Å². The maximum atomic E-state index is 9.70. The second-order valence-corrected chi connectivity index (χ2v) is 18.8. The van der Waals surface area contributed by atoms with E-state index in [2.05, 4.69) is 77.3 Å². The van der Waals surface area contributed by atoms with Gasteiger partial charge in [-0.2, -0.15) is 29.5 Å². The van der Waals surface area contributed by atoms with E-state index in [-0.39, 0.29) is 42.6 Å². The van der Waals surface area contributed by atoms with E-state index in [1.54, 1.807) is 37.3 Å². The summed E-state index contributed by atoms with van der Waals surface area (Å²) in [6.07, 6.45) is 15.3. The number of anilines is 2. The molecule has 0 bridgehead atoms. The minimum Gasteiger partial charge on any atom is -0.399 e. The smallest absolute Gasteiger partial charge is 0.399 e. The predicted molar refractivity (Wildman–Crippen MR) is 252 cm³/mol. The molecule has 342 valence electrons. The number of nitrogens with zero attached hydrogens (tertiary/aromatic N) is 14. The third-order valence-electron chi connectivity index (χ3n) is 12.3. The summed E-state index contributed by atoms with van der Waals surface area (Å²) in [5.74, 6) is 1.07. The number of aliphatic hydroxyl groups is 2. The van der Waals surface area contributed by atoms with Crippen LogP contribution in [0.5, 0.6) is 0 Å². The zero-order chi connectivity index (χ0) is 46.2. The van der Waals surface area contributed by atoms with E-state index in [1.807, 2.05) is 109 Å². The van der Waals surface area contributed by atoms with Crippen LogP contribution in [0, 0.1) is 0 Å².